The summed E-state index contributed by atoms with van der Waals surface area (Å²) in [4.78, 5) is 20.1. The Morgan fingerprint density at radius 3 is 2.50 bits per heavy atom. The molecule has 1 atom stereocenters. The number of rotatable bonds is 4. The molecule has 2 fully saturated rings. The number of carbonyl (C=O) groups excluding carboxylic acids is 1. The normalized spacial score (nSPS) is 21.3. The maximum Gasteiger partial charge on any atom is 0.254 e. The van der Waals surface area contributed by atoms with Gasteiger partial charge in [0.15, 0.2) is 0 Å². The third-order valence-corrected chi connectivity index (χ3v) is 8.17. The highest BCUT2D eigenvalue weighted by Crippen LogP contribution is 2.33. The van der Waals surface area contributed by atoms with Gasteiger partial charge in [-0.15, -0.1) is 0 Å². The Morgan fingerprint density at radius 2 is 1.79 bits per heavy atom. The Kier molecular flexibility index (Phi) is 6.24. The van der Waals surface area contributed by atoms with Crippen LogP contribution in [-0.4, -0.2) is 73.6 Å². The zero-order chi connectivity index (χ0) is 26.4. The number of carbonyl (C=O) groups is 1. The summed E-state index contributed by atoms with van der Waals surface area (Å²) in [6, 6.07) is 14.1. The molecule has 4 aliphatic heterocycles. The molecule has 0 spiro atoms. The van der Waals surface area contributed by atoms with Crippen LogP contribution in [0.2, 0.25) is 0 Å². The number of allylic oxidation sites excluding steroid dienone is 1. The van der Waals surface area contributed by atoms with E-state index in [9.17, 15) is 4.79 Å². The number of aryl methyl sites for hydroxylation is 2. The van der Waals surface area contributed by atoms with Gasteiger partial charge < -0.3 is 30.1 Å². The minimum absolute atomic E-state index is 0.0800. The van der Waals surface area contributed by atoms with Crippen LogP contribution in [0, 0.1) is 25.2 Å². The summed E-state index contributed by atoms with van der Waals surface area (Å²) in [5.74, 6) is 1.61. The van der Waals surface area contributed by atoms with Crippen molar-refractivity contribution in [2.24, 2.45) is 0 Å². The number of ether oxygens (including phenoxy) is 1. The van der Waals surface area contributed by atoms with E-state index >= 15 is 0 Å². The van der Waals surface area contributed by atoms with E-state index in [1.165, 1.54) is 17.1 Å². The van der Waals surface area contributed by atoms with Crippen LogP contribution in [0.25, 0.3) is 0 Å². The first-order valence-corrected chi connectivity index (χ1v) is 13.3. The number of hydrogen-bond acceptors (Lipinski definition) is 7. The second-order valence-corrected chi connectivity index (χ2v) is 10.7. The molecule has 0 bridgehead atoms. The van der Waals surface area contributed by atoms with Gasteiger partial charge in [0.05, 0.1) is 42.8 Å². The number of nitrogens with zero attached hydrogens (tertiary/aromatic N) is 4. The zero-order valence-corrected chi connectivity index (χ0v) is 22.3. The lowest BCUT2D eigenvalue weighted by Crippen LogP contribution is -2.48. The van der Waals surface area contributed by atoms with Crippen molar-refractivity contribution >= 4 is 5.91 Å². The lowest BCUT2D eigenvalue weighted by molar-refractivity contribution is 0.0404. The average Bonchev–Trinajstić information content (AvgIpc) is 3.30. The third-order valence-electron chi connectivity index (χ3n) is 8.17. The van der Waals surface area contributed by atoms with Crippen LogP contribution >= 0.6 is 0 Å². The van der Waals surface area contributed by atoms with Crippen LogP contribution in [0.4, 0.5) is 0 Å². The number of nitriles is 1. The molecule has 0 radical (unpaired) electrons. The minimum atomic E-state index is -0.0800. The largest absolute Gasteiger partial charge is 0.378 e. The second kappa shape index (κ2) is 9.73. The smallest absolute Gasteiger partial charge is 0.254 e. The molecule has 1 unspecified atom stereocenters. The summed E-state index contributed by atoms with van der Waals surface area (Å²) in [7, 11) is 2.13. The molecule has 38 heavy (non-hydrogen) atoms. The van der Waals surface area contributed by atoms with Gasteiger partial charge in [-0.1, -0.05) is 18.2 Å². The predicted molar refractivity (Wildman–Crippen MR) is 145 cm³/mol. The van der Waals surface area contributed by atoms with Crippen LogP contribution in [0.3, 0.4) is 0 Å². The molecule has 0 aromatic heterocycles. The van der Waals surface area contributed by atoms with Gasteiger partial charge in [0.25, 0.3) is 5.91 Å². The average molecular weight is 511 g/mol. The van der Waals surface area contributed by atoms with E-state index in [-0.39, 0.29) is 12.1 Å². The molecule has 4 aliphatic rings. The van der Waals surface area contributed by atoms with Crippen molar-refractivity contribution in [1.29, 1.82) is 5.26 Å². The van der Waals surface area contributed by atoms with E-state index in [2.05, 4.69) is 58.7 Å². The lowest BCUT2D eigenvalue weighted by Gasteiger charge is -2.40. The molecule has 0 aliphatic carbocycles. The summed E-state index contributed by atoms with van der Waals surface area (Å²) in [6.45, 7) is 9.67. The highest BCUT2D eigenvalue weighted by molar-refractivity contribution is 5.96. The minimum Gasteiger partial charge on any atom is -0.378 e. The standard InChI is InChI=1S/C30H34N6O2/c1-19-12-20(2)25(30(37)36-16-23(17-36)22-6-4-21(15-31)5-7-22)13-24(19)29-32-26-14-28(34(3)18-27(26)33-29)35-8-10-38-11-9-35/h4-7,12-14,23,29,32-33H,8-11,16-18H2,1-3H3. The highest BCUT2D eigenvalue weighted by Gasteiger charge is 2.34. The molecule has 4 heterocycles. The van der Waals surface area contributed by atoms with E-state index in [4.69, 9.17) is 10.00 Å². The number of likely N-dealkylation sites (tertiary alicyclic amines) is 1. The number of likely N-dealkylation sites (N-methyl/N-ethyl adjacent to an activating group) is 1. The zero-order valence-electron chi connectivity index (χ0n) is 22.3. The predicted octanol–water partition coefficient (Wildman–Crippen LogP) is 2.94. The summed E-state index contributed by atoms with van der Waals surface area (Å²) in [5.41, 5.74) is 8.16. The van der Waals surface area contributed by atoms with Crippen LogP contribution in [0.1, 0.15) is 50.3 Å². The maximum absolute atomic E-state index is 13.5. The van der Waals surface area contributed by atoms with Gasteiger partial charge in [-0.25, -0.2) is 0 Å². The number of hydrogen-bond donors (Lipinski definition) is 2. The molecule has 1 amide bonds. The molecule has 2 aromatic carbocycles. The molecule has 8 nitrogen and oxygen atoms in total. The molecule has 2 N–H and O–H groups in total. The van der Waals surface area contributed by atoms with Crippen molar-refractivity contribution in [3.8, 4) is 6.07 Å². The summed E-state index contributed by atoms with van der Waals surface area (Å²) in [6.07, 6.45) is 2.15. The van der Waals surface area contributed by atoms with Crippen LogP contribution in [0.5, 0.6) is 0 Å². The van der Waals surface area contributed by atoms with E-state index in [0.717, 1.165) is 60.8 Å². The van der Waals surface area contributed by atoms with Gasteiger partial charge in [0.1, 0.15) is 12.0 Å². The Balaban J connectivity index is 1.16. The first kappa shape index (κ1) is 24.4. The molecule has 196 valence electrons. The highest BCUT2D eigenvalue weighted by atomic mass is 16.5. The van der Waals surface area contributed by atoms with Crippen LogP contribution < -0.4 is 10.6 Å². The van der Waals surface area contributed by atoms with E-state index in [1.807, 2.05) is 36.1 Å². The molecule has 2 saturated heterocycles. The number of amides is 1. The topological polar surface area (TPSA) is 83.9 Å². The molecular weight excluding hydrogens is 476 g/mol. The molecule has 0 saturated carbocycles. The van der Waals surface area contributed by atoms with Crippen molar-refractivity contribution in [3.63, 3.8) is 0 Å². The third kappa shape index (κ3) is 4.37. The first-order chi connectivity index (χ1) is 18.4. The molecule has 8 heteroatoms. The second-order valence-electron chi connectivity index (χ2n) is 10.7. The fourth-order valence-corrected chi connectivity index (χ4v) is 5.89. The Morgan fingerprint density at radius 1 is 1.05 bits per heavy atom. The van der Waals surface area contributed by atoms with Crippen molar-refractivity contribution in [1.82, 2.24) is 25.3 Å². The Bertz CT molecular complexity index is 1360. The number of benzene rings is 2. The first-order valence-electron chi connectivity index (χ1n) is 13.3. The molecule has 6 rings (SSSR count). The summed E-state index contributed by atoms with van der Waals surface area (Å²) in [5, 5.41) is 16.4. The van der Waals surface area contributed by atoms with E-state index in [1.54, 1.807) is 0 Å². The fraction of sp³-hybridized carbons (Fsp3) is 0.400. The quantitative estimate of drug-likeness (QED) is 0.654. The SMILES string of the molecule is Cc1cc(C)c(C2NC3=C(CN(C)C(N4CCOCC4)=C3)N2)cc1C(=O)N1CC(c2ccc(C#N)cc2)C1. The molecule has 2 aromatic rings. The fourth-order valence-electron chi connectivity index (χ4n) is 5.89. The van der Waals surface area contributed by atoms with Crippen molar-refractivity contribution in [2.75, 3.05) is 53.0 Å². The molecular formula is C30H34N6O2. The number of morpholine rings is 1. The van der Waals surface area contributed by atoms with Gasteiger partial charge in [-0.3, -0.25) is 4.79 Å². The van der Waals surface area contributed by atoms with Gasteiger partial charge in [-0.05, 0) is 54.3 Å². The van der Waals surface area contributed by atoms with Gasteiger partial charge in [-0.2, -0.15) is 5.26 Å². The van der Waals surface area contributed by atoms with Crippen molar-refractivity contribution < 1.29 is 9.53 Å². The number of nitrogens with one attached hydrogen (secondary N) is 2. The monoisotopic (exact) mass is 510 g/mol. The Hall–Kier alpha value is -3.96. The maximum atomic E-state index is 13.5. The van der Waals surface area contributed by atoms with Crippen molar-refractivity contribution in [2.45, 2.75) is 25.9 Å². The van der Waals surface area contributed by atoms with Gasteiger partial charge in [0.2, 0.25) is 0 Å². The van der Waals surface area contributed by atoms with Crippen LogP contribution in [0.15, 0.2) is 59.7 Å². The van der Waals surface area contributed by atoms with E-state index in [0.29, 0.717) is 24.6 Å². The lowest BCUT2D eigenvalue weighted by atomic mass is 9.89. The van der Waals surface area contributed by atoms with Gasteiger partial charge >= 0.3 is 0 Å². The summed E-state index contributed by atoms with van der Waals surface area (Å²) < 4.78 is 5.54. The van der Waals surface area contributed by atoms with E-state index < -0.39 is 0 Å². The Labute approximate surface area is 224 Å². The summed E-state index contributed by atoms with van der Waals surface area (Å²) >= 11 is 0. The van der Waals surface area contributed by atoms with Crippen molar-refractivity contribution in [3.05, 3.63) is 93.1 Å². The van der Waals surface area contributed by atoms with Crippen LogP contribution in [-0.2, 0) is 4.74 Å². The van der Waals surface area contributed by atoms with Gasteiger partial charge in [0, 0.05) is 50.8 Å².